The summed E-state index contributed by atoms with van der Waals surface area (Å²) in [6, 6.07) is 11.3. The number of benzene rings is 2. The maximum atomic E-state index is 13.4. The van der Waals surface area contributed by atoms with E-state index in [1.54, 1.807) is 12.1 Å². The molecule has 0 bridgehead atoms. The quantitative estimate of drug-likeness (QED) is 0.648. The minimum Gasteiger partial charge on any atom is -0.379 e. The first-order valence-electron chi connectivity index (χ1n) is 10.2. The first-order chi connectivity index (χ1) is 14.8. The van der Waals surface area contributed by atoms with Crippen LogP contribution in [0.4, 0.5) is 5.69 Å². The number of amides is 1. The molecule has 0 spiro atoms. The molecule has 7 nitrogen and oxygen atoms in total. The van der Waals surface area contributed by atoms with Crippen LogP contribution in [0.2, 0.25) is 5.02 Å². The molecule has 31 heavy (non-hydrogen) atoms. The van der Waals surface area contributed by atoms with Crippen molar-refractivity contribution in [3.8, 4) is 0 Å². The van der Waals surface area contributed by atoms with Gasteiger partial charge in [-0.05, 0) is 61.4 Å². The number of morpholine rings is 1. The van der Waals surface area contributed by atoms with Crippen molar-refractivity contribution < 1.29 is 17.9 Å². The lowest BCUT2D eigenvalue weighted by molar-refractivity contribution is -0.119. The number of aryl methyl sites for hydroxylation is 2. The molecular formula is C22H28ClN3O4S. The lowest BCUT2D eigenvalue weighted by atomic mass is 10.1. The first kappa shape index (κ1) is 23.5. The molecule has 1 saturated heterocycles. The van der Waals surface area contributed by atoms with Gasteiger partial charge in [0.15, 0.2) is 0 Å². The van der Waals surface area contributed by atoms with Crippen LogP contribution in [0.5, 0.6) is 0 Å². The van der Waals surface area contributed by atoms with Crippen LogP contribution in [0.3, 0.4) is 0 Å². The topological polar surface area (TPSA) is 79.0 Å². The number of ether oxygens (including phenoxy) is 1. The van der Waals surface area contributed by atoms with Crippen LogP contribution < -0.4 is 9.62 Å². The van der Waals surface area contributed by atoms with E-state index in [2.05, 4.69) is 10.2 Å². The molecule has 1 aliphatic heterocycles. The Balaban J connectivity index is 1.77. The minimum absolute atomic E-state index is 0.0799. The predicted molar refractivity (Wildman–Crippen MR) is 122 cm³/mol. The summed E-state index contributed by atoms with van der Waals surface area (Å²) in [5.41, 5.74) is 2.44. The largest absolute Gasteiger partial charge is 0.379 e. The van der Waals surface area contributed by atoms with Gasteiger partial charge in [0.05, 0.1) is 23.8 Å². The van der Waals surface area contributed by atoms with E-state index in [0.29, 0.717) is 37.0 Å². The maximum Gasteiger partial charge on any atom is 0.264 e. The number of hydrogen-bond acceptors (Lipinski definition) is 5. The molecule has 168 valence electrons. The maximum absolute atomic E-state index is 13.4. The van der Waals surface area contributed by atoms with E-state index in [4.69, 9.17) is 16.3 Å². The molecule has 3 rings (SSSR count). The van der Waals surface area contributed by atoms with Crippen molar-refractivity contribution in [2.75, 3.05) is 50.2 Å². The van der Waals surface area contributed by atoms with Crippen molar-refractivity contribution in [2.45, 2.75) is 18.7 Å². The summed E-state index contributed by atoms with van der Waals surface area (Å²) >= 11 is 5.92. The molecule has 2 aromatic carbocycles. The molecule has 0 aliphatic carbocycles. The van der Waals surface area contributed by atoms with Crippen molar-refractivity contribution in [3.05, 3.63) is 58.6 Å². The molecule has 0 aromatic heterocycles. The van der Waals surface area contributed by atoms with Crippen molar-refractivity contribution in [3.63, 3.8) is 0 Å². The molecule has 0 atom stereocenters. The average Bonchev–Trinajstić information content (AvgIpc) is 2.75. The van der Waals surface area contributed by atoms with Crippen LogP contribution >= 0.6 is 11.6 Å². The predicted octanol–water partition coefficient (Wildman–Crippen LogP) is 2.60. The Labute approximate surface area is 189 Å². The molecule has 0 radical (unpaired) electrons. The Morgan fingerprint density at radius 3 is 2.42 bits per heavy atom. The molecule has 9 heteroatoms. The Morgan fingerprint density at radius 2 is 1.77 bits per heavy atom. The number of carbonyl (C=O) groups is 1. The van der Waals surface area contributed by atoms with Gasteiger partial charge in [-0.25, -0.2) is 8.42 Å². The molecule has 1 amide bonds. The zero-order chi connectivity index (χ0) is 22.4. The third kappa shape index (κ3) is 6.20. The highest BCUT2D eigenvalue weighted by atomic mass is 35.5. The van der Waals surface area contributed by atoms with Crippen molar-refractivity contribution in [2.24, 2.45) is 0 Å². The standard InChI is InChI=1S/C22H28ClN3O4S/c1-17-3-6-20(15-18(17)2)26(31(28,29)21-7-4-19(23)5-8-21)16-22(27)24-9-10-25-11-13-30-14-12-25/h3-8,15H,9-14,16H2,1-2H3,(H,24,27). The van der Waals surface area contributed by atoms with Crippen LogP contribution in [0.15, 0.2) is 47.4 Å². The summed E-state index contributed by atoms with van der Waals surface area (Å²) in [7, 11) is -3.95. The number of carbonyl (C=O) groups excluding carboxylic acids is 1. The second-order valence-corrected chi connectivity index (χ2v) is 9.84. The van der Waals surface area contributed by atoms with E-state index < -0.39 is 10.0 Å². The first-order valence-corrected chi connectivity index (χ1v) is 12.0. The normalized spacial score (nSPS) is 14.9. The van der Waals surface area contributed by atoms with E-state index in [1.807, 2.05) is 19.9 Å². The van der Waals surface area contributed by atoms with Gasteiger partial charge in [0.25, 0.3) is 10.0 Å². The zero-order valence-electron chi connectivity index (χ0n) is 17.8. The van der Waals surface area contributed by atoms with Crippen LogP contribution in [0, 0.1) is 13.8 Å². The van der Waals surface area contributed by atoms with Crippen LogP contribution in [-0.4, -0.2) is 65.2 Å². The van der Waals surface area contributed by atoms with Gasteiger partial charge in [0, 0.05) is 31.2 Å². The van der Waals surface area contributed by atoms with Gasteiger partial charge in [-0.15, -0.1) is 0 Å². The summed E-state index contributed by atoms with van der Waals surface area (Å²) in [4.78, 5) is 15.0. The highest BCUT2D eigenvalue weighted by molar-refractivity contribution is 7.92. The van der Waals surface area contributed by atoms with Crippen LogP contribution in [-0.2, 0) is 19.6 Å². The van der Waals surface area contributed by atoms with Gasteiger partial charge in [0.1, 0.15) is 6.54 Å². The average molecular weight is 466 g/mol. The summed E-state index contributed by atoms with van der Waals surface area (Å²) in [5, 5.41) is 3.28. The van der Waals surface area contributed by atoms with Crippen LogP contribution in [0.1, 0.15) is 11.1 Å². The van der Waals surface area contributed by atoms with Gasteiger partial charge in [0.2, 0.25) is 5.91 Å². The van der Waals surface area contributed by atoms with Crippen molar-refractivity contribution >= 4 is 33.2 Å². The molecule has 0 unspecified atom stereocenters. The minimum atomic E-state index is -3.95. The zero-order valence-corrected chi connectivity index (χ0v) is 19.4. The van der Waals surface area contributed by atoms with E-state index in [9.17, 15) is 13.2 Å². The third-order valence-electron chi connectivity index (χ3n) is 5.32. The Hall–Kier alpha value is -2.13. The number of nitrogens with one attached hydrogen (secondary N) is 1. The van der Waals surface area contributed by atoms with Crippen molar-refractivity contribution in [1.82, 2.24) is 10.2 Å². The molecular weight excluding hydrogens is 438 g/mol. The molecule has 0 saturated carbocycles. The van der Waals surface area contributed by atoms with Crippen molar-refractivity contribution in [1.29, 1.82) is 0 Å². The fourth-order valence-electron chi connectivity index (χ4n) is 3.29. The van der Waals surface area contributed by atoms with Gasteiger partial charge in [-0.1, -0.05) is 17.7 Å². The van der Waals surface area contributed by atoms with Gasteiger partial charge < -0.3 is 10.1 Å². The summed E-state index contributed by atoms with van der Waals surface area (Å²) in [6.45, 7) is 7.73. The Bertz CT molecular complexity index is 1010. The Kier molecular flexibility index (Phi) is 7.94. The fraction of sp³-hybridized carbons (Fsp3) is 0.409. The number of anilines is 1. The SMILES string of the molecule is Cc1ccc(N(CC(=O)NCCN2CCOCC2)S(=O)(=O)c2ccc(Cl)cc2)cc1C. The Morgan fingerprint density at radius 1 is 1.10 bits per heavy atom. The third-order valence-corrected chi connectivity index (χ3v) is 7.36. The summed E-state index contributed by atoms with van der Waals surface area (Å²) in [5.74, 6) is -0.357. The number of hydrogen-bond donors (Lipinski definition) is 1. The van der Waals surface area contributed by atoms with Crippen LogP contribution in [0.25, 0.3) is 0 Å². The summed E-state index contributed by atoms with van der Waals surface area (Å²) in [6.07, 6.45) is 0. The highest BCUT2D eigenvalue weighted by Crippen LogP contribution is 2.26. The number of nitrogens with zero attached hydrogens (tertiary/aromatic N) is 2. The molecule has 1 fully saturated rings. The summed E-state index contributed by atoms with van der Waals surface area (Å²) < 4.78 is 33.2. The van der Waals surface area contributed by atoms with Gasteiger partial charge in [-0.2, -0.15) is 0 Å². The van der Waals surface area contributed by atoms with E-state index >= 15 is 0 Å². The second kappa shape index (κ2) is 10.5. The smallest absolute Gasteiger partial charge is 0.264 e. The fourth-order valence-corrected chi connectivity index (χ4v) is 4.83. The van der Waals surface area contributed by atoms with E-state index in [0.717, 1.165) is 28.5 Å². The number of sulfonamides is 1. The second-order valence-electron chi connectivity index (χ2n) is 7.54. The molecule has 1 heterocycles. The van der Waals surface area contributed by atoms with E-state index in [1.165, 1.54) is 24.3 Å². The highest BCUT2D eigenvalue weighted by Gasteiger charge is 2.27. The molecule has 1 N–H and O–H groups in total. The molecule has 1 aliphatic rings. The van der Waals surface area contributed by atoms with Gasteiger partial charge in [-0.3, -0.25) is 14.0 Å². The lowest BCUT2D eigenvalue weighted by Gasteiger charge is -2.27. The number of rotatable bonds is 8. The number of halogens is 1. The monoisotopic (exact) mass is 465 g/mol. The van der Waals surface area contributed by atoms with E-state index in [-0.39, 0.29) is 17.3 Å². The van der Waals surface area contributed by atoms with Gasteiger partial charge >= 0.3 is 0 Å². The lowest BCUT2D eigenvalue weighted by Crippen LogP contribution is -2.44. The molecule has 2 aromatic rings.